The topological polar surface area (TPSA) is 63.8 Å². The molecule has 7 heteroatoms. The van der Waals surface area contributed by atoms with Gasteiger partial charge in [-0.1, -0.05) is 23.4 Å². The van der Waals surface area contributed by atoms with Crippen LogP contribution in [0.1, 0.15) is 11.4 Å². The Morgan fingerprint density at radius 2 is 2.24 bits per heavy atom. The fourth-order valence-corrected chi connectivity index (χ4v) is 2.50. The smallest absolute Gasteiger partial charge is 0.215 e. The summed E-state index contributed by atoms with van der Waals surface area (Å²) in [6.07, 6.45) is 1.74. The van der Waals surface area contributed by atoms with E-state index in [1.165, 1.54) is 17.8 Å². The average molecular weight is 271 g/mol. The molecule has 0 unspecified atom stereocenters. The van der Waals surface area contributed by atoms with Crippen molar-refractivity contribution in [3.05, 3.63) is 28.7 Å². The van der Waals surface area contributed by atoms with Gasteiger partial charge in [-0.25, -0.2) is 4.98 Å². The second-order valence-electron chi connectivity index (χ2n) is 3.54. The van der Waals surface area contributed by atoms with E-state index in [1.54, 1.807) is 17.8 Å². The van der Waals surface area contributed by atoms with Gasteiger partial charge in [0.1, 0.15) is 0 Å². The monoisotopic (exact) mass is 270 g/mol. The molecule has 1 N–H and O–H groups in total. The summed E-state index contributed by atoms with van der Waals surface area (Å²) in [5.74, 6) is 0.551. The summed E-state index contributed by atoms with van der Waals surface area (Å²) in [6.45, 7) is 1.80. The number of aromatic hydroxyl groups is 1. The Hall–Kier alpha value is -1.27. The van der Waals surface area contributed by atoms with Crippen LogP contribution in [-0.2, 0) is 12.8 Å². The number of hydrogen-bond donors (Lipinski definition) is 1. The van der Waals surface area contributed by atoms with Crippen LogP contribution in [0.2, 0.25) is 5.02 Å². The minimum absolute atomic E-state index is 0.0212. The molecule has 0 aromatic carbocycles. The lowest BCUT2D eigenvalue weighted by Gasteiger charge is -2.00. The number of aromatic nitrogens is 4. The largest absolute Gasteiger partial charge is 0.493 e. The third kappa shape index (κ3) is 3.10. The molecular weight excluding hydrogens is 260 g/mol. The molecular formula is C10H11ClN4OS. The van der Waals surface area contributed by atoms with Crippen molar-refractivity contribution >= 4 is 23.4 Å². The maximum atomic E-state index is 9.34. The van der Waals surface area contributed by atoms with Crippen LogP contribution in [0.25, 0.3) is 0 Å². The van der Waals surface area contributed by atoms with Crippen molar-refractivity contribution in [3.63, 3.8) is 0 Å². The molecule has 0 fully saturated rings. The zero-order valence-electron chi connectivity index (χ0n) is 9.38. The number of nitrogens with zero attached hydrogens (tertiary/aromatic N) is 4. The molecule has 0 saturated carbocycles. The summed E-state index contributed by atoms with van der Waals surface area (Å²) in [4.78, 5) is 8.12. The van der Waals surface area contributed by atoms with Crippen LogP contribution >= 0.6 is 23.4 Å². The van der Waals surface area contributed by atoms with Crippen LogP contribution in [0.3, 0.4) is 0 Å². The van der Waals surface area contributed by atoms with Crippen LogP contribution in [0.5, 0.6) is 5.88 Å². The van der Waals surface area contributed by atoms with Crippen LogP contribution in [0, 0.1) is 6.92 Å². The van der Waals surface area contributed by atoms with E-state index in [1.807, 2.05) is 7.05 Å². The van der Waals surface area contributed by atoms with Crippen LogP contribution in [0.15, 0.2) is 17.4 Å². The molecule has 0 aliphatic heterocycles. The van der Waals surface area contributed by atoms with Crippen molar-refractivity contribution in [2.45, 2.75) is 17.8 Å². The molecule has 0 bridgehead atoms. The molecule has 2 rings (SSSR count). The molecule has 17 heavy (non-hydrogen) atoms. The van der Waals surface area contributed by atoms with Gasteiger partial charge in [0.2, 0.25) is 5.88 Å². The standard InChI is InChI=1S/C10H11ClN4OS/c1-6-3-9(16)13-10(12-6)17-5-8-7(11)4-15(2)14-8/h3-4H,5H2,1-2H3,(H,12,13,16). The van der Waals surface area contributed by atoms with E-state index < -0.39 is 0 Å². The van der Waals surface area contributed by atoms with Crippen molar-refractivity contribution in [2.24, 2.45) is 7.05 Å². The van der Waals surface area contributed by atoms with Crippen LogP contribution in [0.4, 0.5) is 0 Å². The van der Waals surface area contributed by atoms with Gasteiger partial charge in [-0.2, -0.15) is 10.1 Å². The predicted octanol–water partition coefficient (Wildman–Crippen LogP) is 2.17. The summed E-state index contributed by atoms with van der Waals surface area (Å²) < 4.78 is 1.66. The van der Waals surface area contributed by atoms with Gasteiger partial charge >= 0.3 is 0 Å². The Kier molecular flexibility index (Phi) is 3.54. The van der Waals surface area contributed by atoms with Crippen molar-refractivity contribution in [3.8, 4) is 5.88 Å². The summed E-state index contributed by atoms with van der Waals surface area (Å²) in [7, 11) is 1.81. The van der Waals surface area contributed by atoms with Crippen molar-refractivity contribution in [2.75, 3.05) is 0 Å². The van der Waals surface area contributed by atoms with E-state index in [0.29, 0.717) is 15.9 Å². The summed E-state index contributed by atoms with van der Waals surface area (Å²) in [5, 5.41) is 14.7. The molecule has 90 valence electrons. The molecule has 2 aromatic heterocycles. The number of rotatable bonds is 3. The first-order chi connectivity index (χ1) is 8.04. The first-order valence-electron chi connectivity index (χ1n) is 4.90. The maximum Gasteiger partial charge on any atom is 0.215 e. The third-order valence-electron chi connectivity index (χ3n) is 2.01. The predicted molar refractivity (Wildman–Crippen MR) is 66.2 cm³/mol. The van der Waals surface area contributed by atoms with Gasteiger partial charge in [-0.05, 0) is 6.92 Å². The van der Waals surface area contributed by atoms with Crippen LogP contribution < -0.4 is 0 Å². The molecule has 2 heterocycles. The normalized spacial score (nSPS) is 10.8. The molecule has 0 atom stereocenters. The molecule has 5 nitrogen and oxygen atoms in total. The number of aryl methyl sites for hydroxylation is 2. The minimum atomic E-state index is -0.0212. The number of thioether (sulfide) groups is 1. The fraction of sp³-hybridized carbons (Fsp3) is 0.300. The SMILES string of the molecule is Cc1cc(O)nc(SCc2nn(C)cc2Cl)n1. The second-order valence-corrected chi connectivity index (χ2v) is 4.89. The maximum absolute atomic E-state index is 9.34. The Bertz CT molecular complexity index is 523. The van der Waals surface area contributed by atoms with Crippen molar-refractivity contribution in [1.82, 2.24) is 19.7 Å². The van der Waals surface area contributed by atoms with Gasteiger partial charge < -0.3 is 5.11 Å². The Balaban J connectivity index is 2.09. The molecule has 0 amide bonds. The first-order valence-corrected chi connectivity index (χ1v) is 6.26. The highest BCUT2D eigenvalue weighted by molar-refractivity contribution is 7.98. The molecule has 0 spiro atoms. The van der Waals surface area contributed by atoms with E-state index in [0.717, 1.165) is 11.4 Å². The minimum Gasteiger partial charge on any atom is -0.493 e. The highest BCUT2D eigenvalue weighted by Crippen LogP contribution is 2.24. The Morgan fingerprint density at radius 3 is 2.82 bits per heavy atom. The highest BCUT2D eigenvalue weighted by atomic mass is 35.5. The zero-order valence-corrected chi connectivity index (χ0v) is 11.0. The van der Waals surface area contributed by atoms with Crippen LogP contribution in [-0.4, -0.2) is 24.9 Å². The van der Waals surface area contributed by atoms with Gasteiger partial charge in [0.15, 0.2) is 5.16 Å². The second kappa shape index (κ2) is 4.93. The summed E-state index contributed by atoms with van der Waals surface area (Å²) in [6, 6.07) is 1.51. The lowest BCUT2D eigenvalue weighted by Crippen LogP contribution is -1.92. The third-order valence-corrected chi connectivity index (χ3v) is 3.19. The fourth-order valence-electron chi connectivity index (χ4n) is 1.33. The molecule has 0 aliphatic rings. The molecule has 0 aliphatic carbocycles. The average Bonchev–Trinajstić information content (AvgIpc) is 2.53. The van der Waals surface area contributed by atoms with E-state index in [-0.39, 0.29) is 5.88 Å². The van der Waals surface area contributed by atoms with Gasteiger partial charge in [0, 0.05) is 30.8 Å². The van der Waals surface area contributed by atoms with Gasteiger partial charge in [0.25, 0.3) is 0 Å². The van der Waals surface area contributed by atoms with E-state index >= 15 is 0 Å². The molecule has 2 aromatic rings. The van der Waals surface area contributed by atoms with Gasteiger partial charge in [0.05, 0.1) is 10.7 Å². The van der Waals surface area contributed by atoms with E-state index in [2.05, 4.69) is 15.1 Å². The van der Waals surface area contributed by atoms with Crippen molar-refractivity contribution < 1.29 is 5.11 Å². The highest BCUT2D eigenvalue weighted by Gasteiger charge is 2.08. The summed E-state index contributed by atoms with van der Waals surface area (Å²) >= 11 is 7.37. The molecule has 0 saturated heterocycles. The van der Waals surface area contributed by atoms with E-state index in [9.17, 15) is 5.11 Å². The zero-order chi connectivity index (χ0) is 12.4. The summed E-state index contributed by atoms with van der Waals surface area (Å²) in [5.41, 5.74) is 1.51. The van der Waals surface area contributed by atoms with Gasteiger partial charge in [-0.3, -0.25) is 4.68 Å². The quantitative estimate of drug-likeness (QED) is 0.684. The molecule has 0 radical (unpaired) electrons. The number of halogens is 1. The Morgan fingerprint density at radius 1 is 1.47 bits per heavy atom. The van der Waals surface area contributed by atoms with Gasteiger partial charge in [-0.15, -0.1) is 0 Å². The Labute approximate surface area is 108 Å². The lowest BCUT2D eigenvalue weighted by molar-refractivity contribution is 0.444. The first kappa shape index (κ1) is 12.2. The van der Waals surface area contributed by atoms with E-state index in [4.69, 9.17) is 11.6 Å². The van der Waals surface area contributed by atoms with Crippen molar-refractivity contribution in [1.29, 1.82) is 0 Å². The number of hydrogen-bond acceptors (Lipinski definition) is 5. The lowest BCUT2D eigenvalue weighted by atomic mass is 10.4.